The van der Waals surface area contributed by atoms with Crippen LogP contribution in [0, 0.1) is 13.8 Å². The van der Waals surface area contributed by atoms with E-state index in [1.807, 2.05) is 13.8 Å². The summed E-state index contributed by atoms with van der Waals surface area (Å²) in [6.45, 7) is 7.17. The van der Waals surface area contributed by atoms with Crippen molar-refractivity contribution in [3.63, 3.8) is 0 Å². The number of hydrogen-bond acceptors (Lipinski definition) is 8. The zero-order valence-corrected chi connectivity index (χ0v) is 24.3. The minimum Gasteiger partial charge on any atom is -0.496 e. The van der Waals surface area contributed by atoms with Crippen LogP contribution in [0.25, 0.3) is 6.08 Å². The first-order chi connectivity index (χ1) is 18.3. The van der Waals surface area contributed by atoms with Crippen LogP contribution in [-0.2, 0) is 6.42 Å². The molecule has 3 atom stereocenters. The fourth-order valence-corrected chi connectivity index (χ4v) is 7.16. The van der Waals surface area contributed by atoms with Crippen LogP contribution in [0.5, 0.6) is 34.5 Å². The number of fused-ring (bicyclic) bond motifs is 7. The fourth-order valence-electron chi connectivity index (χ4n) is 7.16. The van der Waals surface area contributed by atoms with E-state index in [1.54, 1.807) is 42.7 Å². The molecular formula is C30H40N2O6. The number of likely N-dealkylation sites (N-methyl/N-ethyl adjacent to an activating group) is 1. The smallest absolute Gasteiger partial charge is 0.167 e. The van der Waals surface area contributed by atoms with Gasteiger partial charge < -0.3 is 33.3 Å². The largest absolute Gasteiger partial charge is 0.496 e. The van der Waals surface area contributed by atoms with Crippen LogP contribution in [-0.4, -0.2) is 72.1 Å². The van der Waals surface area contributed by atoms with Gasteiger partial charge in [-0.25, -0.2) is 0 Å². The molecule has 2 aromatic carbocycles. The number of hydrogen-bond donors (Lipinski definition) is 0. The Morgan fingerprint density at radius 3 is 1.79 bits per heavy atom. The van der Waals surface area contributed by atoms with Crippen molar-refractivity contribution in [2.24, 2.45) is 0 Å². The van der Waals surface area contributed by atoms with Gasteiger partial charge in [-0.15, -0.1) is 0 Å². The summed E-state index contributed by atoms with van der Waals surface area (Å²) in [5.41, 5.74) is 7.57. The summed E-state index contributed by atoms with van der Waals surface area (Å²) in [6, 6.07) is 0.354. The zero-order chi connectivity index (χ0) is 27.5. The van der Waals surface area contributed by atoms with Gasteiger partial charge in [0, 0.05) is 51.7 Å². The van der Waals surface area contributed by atoms with Gasteiger partial charge in [0.2, 0.25) is 0 Å². The van der Waals surface area contributed by atoms with Gasteiger partial charge in [-0.05, 0) is 39.8 Å². The molecule has 3 heterocycles. The Morgan fingerprint density at radius 1 is 0.737 bits per heavy atom. The van der Waals surface area contributed by atoms with E-state index < -0.39 is 0 Å². The summed E-state index contributed by atoms with van der Waals surface area (Å²) >= 11 is 0. The van der Waals surface area contributed by atoms with E-state index in [4.69, 9.17) is 28.4 Å². The molecule has 0 N–H and O–H groups in total. The molecule has 3 aliphatic rings. The van der Waals surface area contributed by atoms with E-state index >= 15 is 0 Å². The number of ether oxygens (including phenoxy) is 6. The molecule has 8 nitrogen and oxygen atoms in total. The fraction of sp³-hybridized carbons (Fsp3) is 0.533. The van der Waals surface area contributed by atoms with Gasteiger partial charge in [-0.1, -0.05) is 6.92 Å². The van der Waals surface area contributed by atoms with Gasteiger partial charge >= 0.3 is 0 Å². The van der Waals surface area contributed by atoms with Gasteiger partial charge in [0.25, 0.3) is 0 Å². The molecule has 0 saturated carbocycles. The Bertz CT molecular complexity index is 1300. The quantitative estimate of drug-likeness (QED) is 0.497. The molecule has 5 rings (SSSR count). The summed E-state index contributed by atoms with van der Waals surface area (Å²) < 4.78 is 35.8. The van der Waals surface area contributed by atoms with Crippen LogP contribution >= 0.6 is 0 Å². The maximum atomic E-state index is 6.07. The molecule has 8 heteroatoms. The lowest BCUT2D eigenvalue weighted by Crippen LogP contribution is -2.56. The number of rotatable bonds is 7. The maximum Gasteiger partial charge on any atom is 0.167 e. The van der Waals surface area contributed by atoms with Crippen LogP contribution in [0.15, 0.2) is 5.70 Å². The first kappa shape index (κ1) is 26.4. The summed E-state index contributed by atoms with van der Waals surface area (Å²) in [5, 5.41) is 0. The number of nitrogens with zero attached hydrogens (tertiary/aromatic N) is 2. The van der Waals surface area contributed by atoms with Crippen LogP contribution in [0.3, 0.4) is 0 Å². The van der Waals surface area contributed by atoms with Gasteiger partial charge in [0.1, 0.15) is 11.5 Å². The molecule has 0 aliphatic carbocycles. The summed E-state index contributed by atoms with van der Waals surface area (Å²) in [7, 11) is 12.5. The number of methoxy groups -OCH3 is 6. The lowest BCUT2D eigenvalue weighted by Gasteiger charge is -2.55. The minimum atomic E-state index is -0.0452. The number of piperazine rings is 1. The van der Waals surface area contributed by atoms with E-state index in [1.165, 1.54) is 11.3 Å². The Morgan fingerprint density at radius 2 is 1.26 bits per heavy atom. The molecule has 0 radical (unpaired) electrons. The molecule has 0 aromatic heterocycles. The standard InChI is InChI=1S/C30H40N2O6/c1-11-20-22-19(26(34-6)16(3)27(35-7)29(22)37-9)13-21-24-23-18(12-17(31(24)4)14-32(20)21)25(33-5)15(2)28(36-8)30(23)38-10/h13,17,20,24H,11-12,14H2,1-10H3/t17?,20-,24?/m0/s1. The molecular weight excluding hydrogens is 484 g/mol. The van der Waals surface area contributed by atoms with Crippen molar-refractivity contribution in [3.05, 3.63) is 39.1 Å². The Labute approximate surface area is 226 Å². The third-order valence-corrected chi connectivity index (χ3v) is 8.73. The topological polar surface area (TPSA) is 61.9 Å². The molecule has 2 unspecified atom stereocenters. The molecule has 0 amide bonds. The van der Waals surface area contributed by atoms with Gasteiger partial charge in [0.05, 0.1) is 54.7 Å². The van der Waals surface area contributed by atoms with Crippen LogP contribution < -0.4 is 28.4 Å². The Hall–Kier alpha value is -3.26. The highest BCUT2D eigenvalue weighted by atomic mass is 16.5. The van der Waals surface area contributed by atoms with Crippen molar-refractivity contribution in [2.75, 3.05) is 56.3 Å². The van der Waals surface area contributed by atoms with Crippen LogP contribution in [0.2, 0.25) is 0 Å². The van der Waals surface area contributed by atoms with E-state index in [0.717, 1.165) is 81.7 Å². The summed E-state index contributed by atoms with van der Waals surface area (Å²) in [6.07, 6.45) is 4.04. The Balaban J connectivity index is 1.86. The van der Waals surface area contributed by atoms with Crippen molar-refractivity contribution in [1.29, 1.82) is 0 Å². The highest BCUT2D eigenvalue weighted by molar-refractivity contribution is 5.77. The van der Waals surface area contributed by atoms with Crippen molar-refractivity contribution >= 4 is 6.08 Å². The van der Waals surface area contributed by atoms with Crippen LogP contribution in [0.1, 0.15) is 58.8 Å². The van der Waals surface area contributed by atoms with Crippen molar-refractivity contribution in [3.8, 4) is 34.5 Å². The normalized spacial score (nSPS) is 21.6. The van der Waals surface area contributed by atoms with Crippen LogP contribution in [0.4, 0.5) is 0 Å². The van der Waals surface area contributed by atoms with E-state index in [9.17, 15) is 0 Å². The van der Waals surface area contributed by atoms with Crippen molar-refractivity contribution in [2.45, 2.75) is 51.7 Å². The lowest BCUT2D eigenvalue weighted by atomic mass is 9.77. The SMILES string of the molecule is CC[C@H]1c2c(c(OC)c(C)c(OC)c2OC)C=C2C3c4c(c(OC)c(C)c(OC)c4OC)CC(CN21)N3C. The molecule has 3 aliphatic heterocycles. The number of benzene rings is 2. The second-order valence-corrected chi connectivity index (χ2v) is 10.2. The summed E-state index contributed by atoms with van der Waals surface area (Å²) in [5.74, 6) is 4.70. The molecule has 1 saturated heterocycles. The first-order valence-corrected chi connectivity index (χ1v) is 13.2. The molecule has 2 aromatic rings. The highest BCUT2D eigenvalue weighted by Gasteiger charge is 2.49. The second kappa shape index (κ2) is 9.80. The van der Waals surface area contributed by atoms with Gasteiger partial charge in [-0.2, -0.15) is 0 Å². The van der Waals surface area contributed by atoms with Crippen molar-refractivity contribution in [1.82, 2.24) is 9.80 Å². The molecule has 38 heavy (non-hydrogen) atoms. The first-order valence-electron chi connectivity index (χ1n) is 13.2. The average Bonchev–Trinajstić information content (AvgIpc) is 2.91. The Kier molecular flexibility index (Phi) is 6.80. The average molecular weight is 525 g/mol. The van der Waals surface area contributed by atoms with Gasteiger partial charge in [-0.3, -0.25) is 4.90 Å². The summed E-state index contributed by atoms with van der Waals surface area (Å²) in [4.78, 5) is 5.02. The maximum absolute atomic E-state index is 6.07. The lowest BCUT2D eigenvalue weighted by molar-refractivity contribution is 0.0458. The van der Waals surface area contributed by atoms with E-state index in [2.05, 4.69) is 29.8 Å². The highest BCUT2D eigenvalue weighted by Crippen LogP contribution is 2.59. The minimum absolute atomic E-state index is 0.0452. The van der Waals surface area contributed by atoms with Gasteiger partial charge in [0.15, 0.2) is 23.0 Å². The monoisotopic (exact) mass is 524 g/mol. The predicted molar refractivity (Wildman–Crippen MR) is 147 cm³/mol. The predicted octanol–water partition coefficient (Wildman–Crippen LogP) is 5.07. The third-order valence-electron chi connectivity index (χ3n) is 8.73. The molecule has 1 fully saturated rings. The van der Waals surface area contributed by atoms with E-state index in [0.29, 0.717) is 6.04 Å². The zero-order valence-electron chi connectivity index (χ0n) is 24.3. The second-order valence-electron chi connectivity index (χ2n) is 10.2. The molecule has 0 spiro atoms. The third kappa shape index (κ3) is 3.38. The molecule has 206 valence electrons. The van der Waals surface area contributed by atoms with E-state index in [-0.39, 0.29) is 12.1 Å². The van der Waals surface area contributed by atoms with Crippen molar-refractivity contribution < 1.29 is 28.4 Å². The molecule has 2 bridgehead atoms.